The van der Waals surface area contributed by atoms with Crippen LogP contribution in [0.5, 0.6) is 0 Å². The fraction of sp³-hybridized carbons (Fsp3) is 0.478. The summed E-state index contributed by atoms with van der Waals surface area (Å²) in [4.78, 5) is 34.3. The number of amides is 1. The lowest BCUT2D eigenvalue weighted by atomic mass is 9.99. The number of nitrogens with one attached hydrogen (secondary N) is 1. The molecule has 17 heteroatoms. The van der Waals surface area contributed by atoms with Gasteiger partial charge in [-0.05, 0) is 37.4 Å². The smallest absolute Gasteiger partial charge is 0.480 e. The molecule has 220 valence electrons. The quantitative estimate of drug-likeness (QED) is 0.446. The summed E-state index contributed by atoms with van der Waals surface area (Å²) in [5.74, 6) is -4.83. The van der Waals surface area contributed by atoms with Gasteiger partial charge in [-0.15, -0.1) is 0 Å². The highest BCUT2D eigenvalue weighted by molar-refractivity contribution is 6.30. The van der Waals surface area contributed by atoms with Crippen molar-refractivity contribution in [3.05, 3.63) is 51.6 Å². The molecule has 2 aliphatic heterocycles. The van der Waals surface area contributed by atoms with E-state index in [2.05, 4.69) is 10.4 Å². The molecule has 1 aromatic carbocycles. The molecule has 2 aliphatic rings. The van der Waals surface area contributed by atoms with Crippen LogP contribution in [0.4, 0.5) is 30.7 Å². The molecule has 1 fully saturated rings. The molecule has 4 rings (SSSR count). The van der Waals surface area contributed by atoms with Crippen molar-refractivity contribution in [2.45, 2.75) is 50.7 Å². The Bertz CT molecular complexity index is 1280. The Hall–Kier alpha value is -3.40. The Kier molecular flexibility index (Phi) is 9.34. The average Bonchev–Trinajstić information content (AvgIpc) is 3.45. The van der Waals surface area contributed by atoms with E-state index >= 15 is 0 Å². The minimum atomic E-state index is -5.08. The lowest BCUT2D eigenvalue weighted by molar-refractivity contribution is -0.192. The second kappa shape index (κ2) is 12.0. The molecule has 1 saturated heterocycles. The van der Waals surface area contributed by atoms with Crippen LogP contribution in [0.1, 0.15) is 35.4 Å². The molecule has 40 heavy (non-hydrogen) atoms. The number of benzene rings is 1. The Morgan fingerprint density at radius 3 is 2.30 bits per heavy atom. The molecule has 0 aliphatic carbocycles. The third-order valence-electron chi connectivity index (χ3n) is 6.32. The van der Waals surface area contributed by atoms with Crippen LogP contribution in [0.3, 0.4) is 0 Å². The predicted molar refractivity (Wildman–Crippen MR) is 123 cm³/mol. The first kappa shape index (κ1) is 31.1. The molecule has 3 heterocycles. The molecule has 1 aromatic heterocycles. The monoisotopic (exact) mass is 602 g/mol. The normalized spacial score (nSPS) is 19.1. The topological polar surface area (TPSA) is 125 Å². The molecule has 1 amide bonds. The Morgan fingerprint density at radius 2 is 1.77 bits per heavy atom. The number of hydrogen-bond acceptors (Lipinski definition) is 5. The molecule has 9 nitrogen and oxygen atoms in total. The first-order valence-electron chi connectivity index (χ1n) is 11.6. The number of aliphatic carboxylic acids is 2. The van der Waals surface area contributed by atoms with Crippen LogP contribution >= 0.6 is 11.6 Å². The van der Waals surface area contributed by atoms with Gasteiger partial charge in [0.25, 0.3) is 0 Å². The van der Waals surface area contributed by atoms with Crippen molar-refractivity contribution in [2.24, 2.45) is 5.92 Å². The zero-order valence-corrected chi connectivity index (χ0v) is 21.1. The first-order chi connectivity index (χ1) is 18.5. The van der Waals surface area contributed by atoms with E-state index in [9.17, 15) is 40.3 Å². The van der Waals surface area contributed by atoms with Gasteiger partial charge in [0.15, 0.2) is 5.69 Å². The number of alkyl halides is 6. The molecule has 2 aromatic rings. The summed E-state index contributed by atoms with van der Waals surface area (Å²) in [6, 6.07) is 3.20. The number of halogens is 8. The number of nitrogens with zero attached hydrogens (tertiary/aromatic N) is 3. The molecule has 0 saturated carbocycles. The van der Waals surface area contributed by atoms with Crippen LogP contribution in [0.15, 0.2) is 18.2 Å². The highest BCUT2D eigenvalue weighted by Gasteiger charge is 2.41. The SMILES string of the molecule is O=C(O)C(F)(F)F.O=C(O)[C@@H]1CC(CC(=O)N2CCc3c(C(F)(F)F)nn(Cc4ccc(Cl)cc4F)c3C2)CN1. The summed E-state index contributed by atoms with van der Waals surface area (Å²) >= 11 is 5.76. The van der Waals surface area contributed by atoms with Gasteiger partial charge in [0.2, 0.25) is 5.91 Å². The van der Waals surface area contributed by atoms with Crippen LogP contribution in [0.2, 0.25) is 5.02 Å². The first-order valence-corrected chi connectivity index (χ1v) is 12.0. The zero-order valence-electron chi connectivity index (χ0n) is 20.3. The lowest BCUT2D eigenvalue weighted by Crippen LogP contribution is -2.38. The minimum Gasteiger partial charge on any atom is -0.480 e. The summed E-state index contributed by atoms with van der Waals surface area (Å²) < 4.78 is 87.9. The Morgan fingerprint density at radius 1 is 1.12 bits per heavy atom. The molecular formula is C23H22ClF7N4O5. The molecule has 0 radical (unpaired) electrons. The average molecular weight is 603 g/mol. The molecular weight excluding hydrogens is 581 g/mol. The van der Waals surface area contributed by atoms with Crippen LogP contribution in [-0.2, 0) is 40.1 Å². The maximum Gasteiger partial charge on any atom is 0.490 e. The van der Waals surface area contributed by atoms with E-state index in [1.807, 2.05) is 0 Å². The Labute approximate surface area is 226 Å². The van der Waals surface area contributed by atoms with Crippen molar-refractivity contribution >= 4 is 29.4 Å². The van der Waals surface area contributed by atoms with E-state index in [1.165, 1.54) is 17.0 Å². The highest BCUT2D eigenvalue weighted by atomic mass is 35.5. The van der Waals surface area contributed by atoms with Crippen molar-refractivity contribution in [2.75, 3.05) is 13.1 Å². The van der Waals surface area contributed by atoms with Gasteiger partial charge in [0.05, 0.1) is 18.8 Å². The van der Waals surface area contributed by atoms with Crippen LogP contribution in [0, 0.1) is 11.7 Å². The van der Waals surface area contributed by atoms with Gasteiger partial charge in [0, 0.05) is 29.1 Å². The molecule has 1 unspecified atom stereocenters. The predicted octanol–water partition coefficient (Wildman–Crippen LogP) is 3.71. The maximum atomic E-state index is 14.3. The fourth-order valence-electron chi connectivity index (χ4n) is 4.39. The van der Waals surface area contributed by atoms with Crippen LogP contribution < -0.4 is 5.32 Å². The number of hydrogen-bond donors (Lipinski definition) is 3. The number of carbonyl (C=O) groups is 3. The van der Waals surface area contributed by atoms with Gasteiger partial charge in [-0.3, -0.25) is 14.3 Å². The van der Waals surface area contributed by atoms with E-state index < -0.39 is 41.8 Å². The largest absolute Gasteiger partial charge is 0.490 e. The second-order valence-electron chi connectivity index (χ2n) is 9.14. The van der Waals surface area contributed by atoms with E-state index in [0.717, 1.165) is 10.7 Å². The Balaban J connectivity index is 0.000000559. The number of carbonyl (C=O) groups excluding carboxylic acids is 1. The second-order valence-corrected chi connectivity index (χ2v) is 9.57. The zero-order chi connectivity index (χ0) is 30.0. The summed E-state index contributed by atoms with van der Waals surface area (Å²) in [6.07, 6.45) is -9.38. The molecule has 3 N–H and O–H groups in total. The molecule has 0 bridgehead atoms. The van der Waals surface area contributed by atoms with Gasteiger partial charge in [-0.1, -0.05) is 17.7 Å². The van der Waals surface area contributed by atoms with Gasteiger partial charge in [0.1, 0.15) is 11.9 Å². The third kappa shape index (κ3) is 7.62. The standard InChI is InChI=1S/C21H21ClF4N4O3.C2HF3O2/c22-13-2-1-12(15(23)7-13)9-30-17-10-29(4-3-14(17)19(28-30)21(24,25)26)18(31)6-11-5-16(20(32)33)27-8-11;3-2(4,5)1(6)7/h1-2,7,11,16,27H,3-6,8-10H2,(H,32,33);(H,6,7)/t11?,16-;/m0./s1. The van der Waals surface area contributed by atoms with Gasteiger partial charge < -0.3 is 20.4 Å². The summed E-state index contributed by atoms with van der Waals surface area (Å²) in [5, 5.41) is 22.9. The van der Waals surface area contributed by atoms with Gasteiger partial charge in [-0.25, -0.2) is 9.18 Å². The number of aromatic nitrogens is 2. The van der Waals surface area contributed by atoms with Crippen LogP contribution in [0.25, 0.3) is 0 Å². The van der Waals surface area contributed by atoms with Crippen molar-refractivity contribution in [3.8, 4) is 0 Å². The van der Waals surface area contributed by atoms with Crippen molar-refractivity contribution < 1.29 is 55.3 Å². The van der Waals surface area contributed by atoms with E-state index in [4.69, 9.17) is 26.6 Å². The van der Waals surface area contributed by atoms with E-state index in [0.29, 0.717) is 13.0 Å². The van der Waals surface area contributed by atoms with Crippen molar-refractivity contribution in [3.63, 3.8) is 0 Å². The number of fused-ring (bicyclic) bond motifs is 1. The molecule has 0 spiro atoms. The third-order valence-corrected chi connectivity index (χ3v) is 6.56. The van der Waals surface area contributed by atoms with Crippen molar-refractivity contribution in [1.82, 2.24) is 20.0 Å². The van der Waals surface area contributed by atoms with E-state index in [1.54, 1.807) is 0 Å². The van der Waals surface area contributed by atoms with E-state index in [-0.39, 0.29) is 66.1 Å². The molecule has 2 atom stereocenters. The summed E-state index contributed by atoms with van der Waals surface area (Å²) in [5.41, 5.74) is -0.680. The highest BCUT2D eigenvalue weighted by Crippen LogP contribution is 2.36. The fourth-order valence-corrected chi connectivity index (χ4v) is 4.55. The van der Waals surface area contributed by atoms with Crippen LogP contribution in [-0.4, -0.2) is 68.0 Å². The van der Waals surface area contributed by atoms with Crippen molar-refractivity contribution in [1.29, 1.82) is 0 Å². The maximum absolute atomic E-state index is 14.3. The number of carboxylic acids is 2. The van der Waals surface area contributed by atoms with Gasteiger partial charge in [-0.2, -0.15) is 31.4 Å². The van der Waals surface area contributed by atoms with Gasteiger partial charge >= 0.3 is 24.3 Å². The number of carboxylic acid groups (broad SMARTS) is 2. The lowest BCUT2D eigenvalue weighted by Gasteiger charge is -2.29. The number of rotatable bonds is 5. The summed E-state index contributed by atoms with van der Waals surface area (Å²) in [6.45, 7) is 0.150. The minimum absolute atomic E-state index is 0.00870. The summed E-state index contributed by atoms with van der Waals surface area (Å²) in [7, 11) is 0.